The van der Waals surface area contributed by atoms with Crippen molar-refractivity contribution in [1.82, 2.24) is 9.97 Å². The maximum absolute atomic E-state index is 6.14. The molecule has 3 aromatic rings. The molecule has 0 amide bonds. The van der Waals surface area contributed by atoms with Crippen LogP contribution in [0.5, 0.6) is 0 Å². The molecule has 1 aromatic heterocycles. The Bertz CT molecular complexity index is 928. The average Bonchev–Trinajstić information content (AvgIpc) is 2.69. The average molecular weight is 381 g/mol. The lowest BCUT2D eigenvalue weighted by molar-refractivity contribution is 0.639. The molecule has 4 nitrogen and oxygen atoms in total. The first kappa shape index (κ1) is 17.1. The van der Waals surface area contributed by atoms with Gasteiger partial charge < -0.3 is 5.73 Å². The molecule has 0 spiro atoms. The number of benzene rings is 2. The van der Waals surface area contributed by atoms with Crippen molar-refractivity contribution in [1.29, 1.82) is 0 Å². The van der Waals surface area contributed by atoms with Crippen LogP contribution in [0, 0.1) is 0 Å². The van der Waals surface area contributed by atoms with Crippen molar-refractivity contribution in [2.24, 2.45) is 10.7 Å². The molecular formula is C20H17ClN4S. The number of hydrogen-bond donors (Lipinski definition) is 1. The minimum absolute atomic E-state index is 0.0292. The van der Waals surface area contributed by atoms with Gasteiger partial charge in [0.2, 0.25) is 0 Å². The fourth-order valence-electron chi connectivity index (χ4n) is 3.10. The van der Waals surface area contributed by atoms with Gasteiger partial charge in [-0.2, -0.15) is 0 Å². The maximum atomic E-state index is 6.14. The summed E-state index contributed by atoms with van der Waals surface area (Å²) >= 11 is 7.62. The first-order chi connectivity index (χ1) is 12.7. The van der Waals surface area contributed by atoms with Gasteiger partial charge in [-0.3, -0.25) is 4.99 Å². The van der Waals surface area contributed by atoms with Crippen LogP contribution in [0.2, 0.25) is 5.02 Å². The van der Waals surface area contributed by atoms with E-state index in [0.717, 1.165) is 28.1 Å². The number of nitrogens with zero attached hydrogens (tertiary/aromatic N) is 3. The van der Waals surface area contributed by atoms with Crippen LogP contribution in [0.15, 0.2) is 72.2 Å². The van der Waals surface area contributed by atoms with Gasteiger partial charge in [0.25, 0.3) is 0 Å². The van der Waals surface area contributed by atoms with Crippen LogP contribution >= 0.6 is 23.4 Å². The van der Waals surface area contributed by atoms with E-state index in [-0.39, 0.29) is 11.3 Å². The molecule has 1 aliphatic rings. The fourth-order valence-corrected chi connectivity index (χ4v) is 4.28. The van der Waals surface area contributed by atoms with Gasteiger partial charge in [-0.05, 0) is 41.3 Å². The van der Waals surface area contributed by atoms with Gasteiger partial charge in [-0.25, -0.2) is 9.97 Å². The topological polar surface area (TPSA) is 64.2 Å². The Balaban J connectivity index is 1.63. The summed E-state index contributed by atoms with van der Waals surface area (Å²) in [5.74, 6) is 0. The van der Waals surface area contributed by atoms with Crippen LogP contribution in [0.3, 0.4) is 0 Å². The zero-order valence-corrected chi connectivity index (χ0v) is 15.5. The molecule has 0 saturated carbocycles. The highest BCUT2D eigenvalue weighted by atomic mass is 35.5. The van der Waals surface area contributed by atoms with Gasteiger partial charge in [-0.1, -0.05) is 53.7 Å². The number of nitrogens with two attached hydrogens (primary N) is 1. The quantitative estimate of drug-likeness (QED) is 0.692. The number of amidine groups is 1. The highest BCUT2D eigenvalue weighted by Gasteiger charge is 2.26. The van der Waals surface area contributed by atoms with E-state index in [1.54, 1.807) is 11.8 Å². The van der Waals surface area contributed by atoms with Crippen molar-refractivity contribution in [3.8, 4) is 11.1 Å². The van der Waals surface area contributed by atoms with E-state index in [4.69, 9.17) is 17.3 Å². The molecule has 2 N–H and O–H groups in total. The van der Waals surface area contributed by atoms with Gasteiger partial charge in [-0.15, -0.1) is 0 Å². The molecule has 2 heterocycles. The lowest BCUT2D eigenvalue weighted by atomic mass is 9.96. The summed E-state index contributed by atoms with van der Waals surface area (Å²) in [7, 11) is 0. The zero-order valence-electron chi connectivity index (χ0n) is 13.9. The van der Waals surface area contributed by atoms with Crippen molar-refractivity contribution >= 4 is 28.5 Å². The summed E-state index contributed by atoms with van der Waals surface area (Å²) in [4.78, 5) is 12.9. The highest BCUT2D eigenvalue weighted by molar-refractivity contribution is 8.14. The molecule has 2 aromatic carbocycles. The lowest BCUT2D eigenvalue weighted by Gasteiger charge is -2.26. The number of halogens is 1. The van der Waals surface area contributed by atoms with Crippen LogP contribution in [0.25, 0.3) is 11.1 Å². The smallest absolute Gasteiger partial charge is 0.155 e. The number of aliphatic imine (C=N–C) groups is 1. The van der Waals surface area contributed by atoms with Crippen molar-refractivity contribution in [2.75, 3.05) is 0 Å². The molecule has 4 rings (SSSR count). The molecule has 6 heteroatoms. The molecule has 0 saturated heterocycles. The van der Waals surface area contributed by atoms with Crippen LogP contribution < -0.4 is 5.73 Å². The van der Waals surface area contributed by atoms with E-state index in [2.05, 4.69) is 45.3 Å². The lowest BCUT2D eigenvalue weighted by Crippen LogP contribution is -2.18. The Kier molecular flexibility index (Phi) is 4.91. The van der Waals surface area contributed by atoms with Gasteiger partial charge in [0, 0.05) is 28.2 Å². The van der Waals surface area contributed by atoms with E-state index in [9.17, 15) is 0 Å². The summed E-state index contributed by atoms with van der Waals surface area (Å²) in [6, 6.07) is 16.3. The van der Waals surface area contributed by atoms with E-state index in [1.165, 1.54) is 11.9 Å². The molecule has 1 aliphatic heterocycles. The minimum Gasteiger partial charge on any atom is -0.379 e. The number of rotatable bonds is 3. The van der Waals surface area contributed by atoms with Crippen molar-refractivity contribution < 1.29 is 0 Å². The van der Waals surface area contributed by atoms with Crippen molar-refractivity contribution in [3.05, 3.63) is 83.4 Å². The fraction of sp³-hybridized carbons (Fsp3) is 0.150. The van der Waals surface area contributed by atoms with Gasteiger partial charge in [0.05, 0.1) is 6.04 Å². The third-order valence-electron chi connectivity index (χ3n) is 4.39. The summed E-state index contributed by atoms with van der Waals surface area (Å²) in [6.07, 6.45) is 6.06. The van der Waals surface area contributed by atoms with E-state index < -0.39 is 0 Å². The van der Waals surface area contributed by atoms with Gasteiger partial charge in [0.1, 0.15) is 6.33 Å². The van der Waals surface area contributed by atoms with Crippen LogP contribution in [0.1, 0.15) is 28.8 Å². The Morgan fingerprint density at radius 3 is 2.50 bits per heavy atom. The molecule has 0 bridgehead atoms. The molecule has 0 aliphatic carbocycles. The molecule has 130 valence electrons. The van der Waals surface area contributed by atoms with Crippen molar-refractivity contribution in [2.45, 2.75) is 17.7 Å². The van der Waals surface area contributed by atoms with Gasteiger partial charge >= 0.3 is 0 Å². The Morgan fingerprint density at radius 1 is 0.962 bits per heavy atom. The largest absolute Gasteiger partial charge is 0.379 e. The number of aromatic nitrogens is 2. The third-order valence-corrected chi connectivity index (χ3v) is 5.74. The minimum atomic E-state index is 0.0292. The predicted molar refractivity (Wildman–Crippen MR) is 108 cm³/mol. The van der Waals surface area contributed by atoms with E-state index in [0.29, 0.717) is 5.17 Å². The number of hydrogen-bond acceptors (Lipinski definition) is 5. The Hall–Kier alpha value is -2.37. The van der Waals surface area contributed by atoms with Crippen LogP contribution in [-0.4, -0.2) is 15.1 Å². The summed E-state index contributed by atoms with van der Waals surface area (Å²) < 4.78 is 0. The summed E-state index contributed by atoms with van der Waals surface area (Å²) in [6.45, 7) is 0. The molecule has 0 unspecified atom stereocenters. The monoisotopic (exact) mass is 380 g/mol. The highest BCUT2D eigenvalue weighted by Crippen LogP contribution is 2.43. The molecule has 0 radical (unpaired) electrons. The standard InChI is InChI=1S/C20H17ClN4S/c21-17-6-4-13(5-7-17)19-9-18(25-20(22)26-19)15-3-1-2-14(8-15)16-10-23-12-24-11-16/h1-8,10-12,18-19H,9H2,(H2,22,25)/t18-,19-/m0/s1. The second-order valence-electron chi connectivity index (χ2n) is 6.13. The first-order valence-corrected chi connectivity index (χ1v) is 9.55. The summed E-state index contributed by atoms with van der Waals surface area (Å²) in [5.41, 5.74) is 10.6. The van der Waals surface area contributed by atoms with E-state index in [1.807, 2.05) is 30.6 Å². The SMILES string of the molecule is NC1=N[C@H](c2cccc(-c3cncnc3)c2)C[C@@H](c2ccc(Cl)cc2)S1. The summed E-state index contributed by atoms with van der Waals surface area (Å²) in [5, 5.41) is 1.62. The zero-order chi connectivity index (χ0) is 17.9. The Morgan fingerprint density at radius 2 is 1.73 bits per heavy atom. The van der Waals surface area contributed by atoms with Gasteiger partial charge in [0.15, 0.2) is 5.17 Å². The molecule has 26 heavy (non-hydrogen) atoms. The maximum Gasteiger partial charge on any atom is 0.155 e. The normalized spacial score (nSPS) is 19.8. The second kappa shape index (κ2) is 7.48. The Labute approximate surface area is 161 Å². The molecule has 2 atom stereocenters. The van der Waals surface area contributed by atoms with Crippen molar-refractivity contribution in [3.63, 3.8) is 0 Å². The predicted octanol–water partition coefficient (Wildman–Crippen LogP) is 5.03. The third kappa shape index (κ3) is 3.74. The number of thioether (sulfide) groups is 1. The van der Waals surface area contributed by atoms with Crippen LogP contribution in [-0.2, 0) is 0 Å². The first-order valence-electron chi connectivity index (χ1n) is 8.30. The second-order valence-corrected chi connectivity index (χ2v) is 7.79. The molecular weight excluding hydrogens is 364 g/mol. The van der Waals surface area contributed by atoms with Crippen LogP contribution in [0.4, 0.5) is 0 Å². The molecule has 0 fully saturated rings. The van der Waals surface area contributed by atoms with E-state index >= 15 is 0 Å².